The van der Waals surface area contributed by atoms with Gasteiger partial charge < -0.3 is 9.84 Å². The molecule has 1 aromatic rings. The van der Waals surface area contributed by atoms with Gasteiger partial charge in [0.1, 0.15) is 0 Å². The number of hydrogen-bond donors (Lipinski definition) is 2. The molecule has 0 radical (unpaired) electrons. The first-order valence-electron chi connectivity index (χ1n) is 6.84. The average molecular weight is 268 g/mol. The topological polar surface area (TPSA) is 75.2 Å². The zero-order chi connectivity index (χ0) is 14.5. The van der Waals surface area contributed by atoms with Crippen LogP contribution in [0, 0.1) is 0 Å². The third-order valence-electron chi connectivity index (χ3n) is 2.81. The third kappa shape index (κ3) is 4.67. The van der Waals surface area contributed by atoms with Gasteiger partial charge in [0.15, 0.2) is 5.69 Å². The van der Waals surface area contributed by atoms with E-state index in [0.29, 0.717) is 18.7 Å². The van der Waals surface area contributed by atoms with Crippen molar-refractivity contribution in [1.29, 1.82) is 0 Å². The molecular weight excluding hydrogens is 244 g/mol. The predicted molar refractivity (Wildman–Crippen MR) is 73.2 cm³/mol. The van der Waals surface area contributed by atoms with Crippen molar-refractivity contribution in [3.8, 4) is 0 Å². The van der Waals surface area contributed by atoms with Crippen LogP contribution in [0.3, 0.4) is 0 Å². The Morgan fingerprint density at radius 2 is 2.11 bits per heavy atom. The number of nitrogens with zero attached hydrogens (tertiary/aromatic N) is 1. The van der Waals surface area contributed by atoms with Crippen molar-refractivity contribution in [3.63, 3.8) is 0 Å². The molecule has 0 spiro atoms. The molecule has 0 aliphatic rings. The highest BCUT2D eigenvalue weighted by atomic mass is 16.5. The van der Waals surface area contributed by atoms with Gasteiger partial charge in [-0.05, 0) is 33.6 Å². The fraction of sp³-hybridized carbons (Fsp3) is 0.714. The quantitative estimate of drug-likeness (QED) is 0.744. The number of unbranched alkanes of at least 4 members (excludes halogenated alkanes) is 1. The Balaban J connectivity index is 3.01. The summed E-state index contributed by atoms with van der Waals surface area (Å²) in [4.78, 5) is 11.8. The second kappa shape index (κ2) is 6.70. The Kier molecular flexibility index (Phi) is 5.54. The van der Waals surface area contributed by atoms with Crippen molar-refractivity contribution < 1.29 is 14.6 Å². The average Bonchev–Trinajstić information content (AvgIpc) is 2.67. The van der Waals surface area contributed by atoms with Crippen LogP contribution in [0.5, 0.6) is 0 Å². The summed E-state index contributed by atoms with van der Waals surface area (Å²) in [6.45, 7) is 7.68. The molecule has 0 aliphatic carbocycles. The van der Waals surface area contributed by atoms with E-state index in [1.54, 1.807) is 20.8 Å². The minimum Gasteiger partial charge on any atom is -0.461 e. The first-order chi connectivity index (χ1) is 8.89. The van der Waals surface area contributed by atoms with Crippen LogP contribution in [0.15, 0.2) is 0 Å². The number of hydrogen-bond acceptors (Lipinski definition) is 4. The van der Waals surface area contributed by atoms with Crippen molar-refractivity contribution >= 4 is 5.97 Å². The summed E-state index contributed by atoms with van der Waals surface area (Å²) in [6, 6.07) is 0. The first kappa shape index (κ1) is 15.7. The Bertz CT molecular complexity index is 419. The minimum absolute atomic E-state index is 0.333. The van der Waals surface area contributed by atoms with Crippen molar-refractivity contribution in [2.24, 2.45) is 0 Å². The van der Waals surface area contributed by atoms with E-state index in [-0.39, 0.29) is 0 Å². The van der Waals surface area contributed by atoms with Crippen LogP contribution < -0.4 is 0 Å². The monoisotopic (exact) mass is 268 g/mol. The number of rotatable bonds is 7. The summed E-state index contributed by atoms with van der Waals surface area (Å²) >= 11 is 0. The molecule has 0 aromatic carbocycles. The zero-order valence-electron chi connectivity index (χ0n) is 12.2. The van der Waals surface area contributed by atoms with Crippen LogP contribution in [0.25, 0.3) is 0 Å². The number of nitrogens with one attached hydrogen (secondary N) is 1. The van der Waals surface area contributed by atoms with Crippen LogP contribution in [0.4, 0.5) is 0 Å². The number of carbonyl (C=O) groups excluding carboxylic acids is 1. The maximum Gasteiger partial charge on any atom is 0.359 e. The van der Waals surface area contributed by atoms with Gasteiger partial charge in [0.2, 0.25) is 0 Å². The smallest absolute Gasteiger partial charge is 0.359 e. The lowest BCUT2D eigenvalue weighted by Gasteiger charge is -2.16. The SMILES string of the molecule is CCCCc1c(C(=O)OCC)n[nH]c1CC(C)(C)O. The van der Waals surface area contributed by atoms with Crippen LogP contribution in [-0.4, -0.2) is 33.5 Å². The summed E-state index contributed by atoms with van der Waals surface area (Å²) < 4.78 is 5.01. The highest BCUT2D eigenvalue weighted by molar-refractivity contribution is 5.89. The third-order valence-corrected chi connectivity index (χ3v) is 2.81. The number of aromatic nitrogens is 2. The van der Waals surface area contributed by atoms with E-state index in [1.807, 2.05) is 0 Å². The standard InChI is InChI=1S/C14H24N2O3/c1-5-7-8-10-11(9-14(3,4)18)15-16-12(10)13(17)19-6-2/h18H,5-9H2,1-4H3,(H,15,16). The van der Waals surface area contributed by atoms with Crippen molar-refractivity contribution in [2.45, 2.75) is 59.0 Å². The molecule has 1 aromatic heterocycles. The van der Waals surface area contributed by atoms with Crippen molar-refractivity contribution in [1.82, 2.24) is 10.2 Å². The summed E-state index contributed by atoms with van der Waals surface area (Å²) in [6.07, 6.45) is 3.23. The fourth-order valence-corrected chi connectivity index (χ4v) is 1.97. The van der Waals surface area contributed by atoms with Crippen molar-refractivity contribution in [2.75, 3.05) is 6.61 Å². The summed E-state index contributed by atoms with van der Waals surface area (Å²) in [7, 11) is 0. The number of aromatic amines is 1. The molecule has 5 heteroatoms. The molecule has 1 heterocycles. The van der Waals surface area contributed by atoms with Crippen LogP contribution >= 0.6 is 0 Å². The van der Waals surface area contributed by atoms with Crippen LogP contribution in [0.2, 0.25) is 0 Å². The van der Waals surface area contributed by atoms with Gasteiger partial charge in [-0.3, -0.25) is 5.10 Å². The number of H-pyrrole nitrogens is 1. The lowest BCUT2D eigenvalue weighted by molar-refractivity contribution is 0.0517. The van der Waals surface area contributed by atoms with E-state index < -0.39 is 11.6 Å². The van der Waals surface area contributed by atoms with Gasteiger partial charge in [-0.15, -0.1) is 0 Å². The minimum atomic E-state index is -0.834. The normalized spacial score (nSPS) is 11.6. The van der Waals surface area contributed by atoms with Gasteiger partial charge in [0.05, 0.1) is 12.2 Å². The summed E-state index contributed by atoms with van der Waals surface area (Å²) in [5, 5.41) is 16.8. The van der Waals surface area contributed by atoms with E-state index in [4.69, 9.17) is 4.74 Å². The maximum atomic E-state index is 11.8. The number of ether oxygens (including phenoxy) is 1. The molecule has 1 rings (SSSR count). The highest BCUT2D eigenvalue weighted by Crippen LogP contribution is 2.20. The first-order valence-corrected chi connectivity index (χ1v) is 6.84. The Morgan fingerprint density at radius 3 is 2.63 bits per heavy atom. The number of aliphatic hydroxyl groups is 1. The van der Waals surface area contributed by atoms with Gasteiger partial charge >= 0.3 is 5.97 Å². The summed E-state index contributed by atoms with van der Waals surface area (Å²) in [5.41, 5.74) is 1.22. The van der Waals surface area contributed by atoms with E-state index in [0.717, 1.165) is 30.5 Å². The zero-order valence-corrected chi connectivity index (χ0v) is 12.2. The van der Waals surface area contributed by atoms with Gasteiger partial charge in [-0.1, -0.05) is 13.3 Å². The lowest BCUT2D eigenvalue weighted by Crippen LogP contribution is -2.23. The highest BCUT2D eigenvalue weighted by Gasteiger charge is 2.24. The molecule has 0 unspecified atom stereocenters. The molecule has 108 valence electrons. The molecule has 0 amide bonds. The molecule has 0 atom stereocenters. The Morgan fingerprint density at radius 1 is 1.42 bits per heavy atom. The van der Waals surface area contributed by atoms with Gasteiger partial charge in [0.25, 0.3) is 0 Å². The molecular formula is C14H24N2O3. The van der Waals surface area contributed by atoms with Gasteiger partial charge in [-0.2, -0.15) is 5.10 Å². The molecule has 19 heavy (non-hydrogen) atoms. The van der Waals surface area contributed by atoms with E-state index in [9.17, 15) is 9.90 Å². The second-order valence-electron chi connectivity index (χ2n) is 5.34. The van der Waals surface area contributed by atoms with Gasteiger partial charge in [-0.25, -0.2) is 4.79 Å². The molecule has 0 aliphatic heterocycles. The molecule has 2 N–H and O–H groups in total. The summed E-state index contributed by atoms with van der Waals surface area (Å²) in [5.74, 6) is -0.396. The largest absolute Gasteiger partial charge is 0.461 e. The Hall–Kier alpha value is -1.36. The van der Waals surface area contributed by atoms with Gasteiger partial charge in [0, 0.05) is 17.7 Å². The molecule has 0 saturated heterocycles. The van der Waals surface area contributed by atoms with E-state index in [2.05, 4.69) is 17.1 Å². The second-order valence-corrected chi connectivity index (χ2v) is 5.34. The number of carbonyl (C=O) groups is 1. The molecule has 0 fully saturated rings. The molecule has 5 nitrogen and oxygen atoms in total. The van der Waals surface area contributed by atoms with E-state index >= 15 is 0 Å². The molecule has 0 saturated carbocycles. The Labute approximate surface area is 114 Å². The predicted octanol–water partition coefficient (Wildman–Crippen LogP) is 2.24. The van der Waals surface area contributed by atoms with Crippen LogP contribution in [0.1, 0.15) is 62.3 Å². The van der Waals surface area contributed by atoms with Crippen molar-refractivity contribution in [3.05, 3.63) is 17.0 Å². The maximum absolute atomic E-state index is 11.8. The molecule has 0 bridgehead atoms. The van der Waals surface area contributed by atoms with E-state index in [1.165, 1.54) is 0 Å². The fourth-order valence-electron chi connectivity index (χ4n) is 1.97. The lowest BCUT2D eigenvalue weighted by atomic mass is 9.97. The van der Waals surface area contributed by atoms with Crippen LogP contribution in [-0.2, 0) is 17.6 Å². The number of esters is 1.